The number of nitrogens with zero attached hydrogens (tertiary/aromatic N) is 1. The number of amides is 3. The molecular formula is C28H55N3O4. The van der Waals surface area contributed by atoms with E-state index in [2.05, 4.69) is 12.2 Å². The van der Waals surface area contributed by atoms with E-state index in [-0.39, 0.29) is 18.2 Å². The van der Waals surface area contributed by atoms with Crippen LogP contribution in [-0.4, -0.2) is 48.0 Å². The molecular weight excluding hydrogens is 442 g/mol. The molecule has 0 aromatic carbocycles. The van der Waals surface area contributed by atoms with Gasteiger partial charge in [0.2, 0.25) is 17.7 Å². The number of unbranched alkanes of at least 4 members (excludes halogenated alkanes) is 13. The number of hydrogen-bond acceptors (Lipinski definition) is 4. The van der Waals surface area contributed by atoms with Gasteiger partial charge in [-0.1, -0.05) is 118 Å². The van der Waals surface area contributed by atoms with Gasteiger partial charge in [-0.25, -0.2) is 5.48 Å². The van der Waals surface area contributed by atoms with E-state index in [0.717, 1.165) is 19.3 Å². The lowest BCUT2D eigenvalue weighted by Crippen LogP contribution is -2.54. The molecule has 3 amide bonds. The molecule has 0 aliphatic carbocycles. The average molecular weight is 498 g/mol. The van der Waals surface area contributed by atoms with Crippen molar-refractivity contribution in [2.45, 2.75) is 136 Å². The summed E-state index contributed by atoms with van der Waals surface area (Å²) in [5.74, 6) is -1.63. The molecule has 2 atom stereocenters. The van der Waals surface area contributed by atoms with E-state index < -0.39 is 23.3 Å². The van der Waals surface area contributed by atoms with Gasteiger partial charge in [0.1, 0.15) is 6.04 Å². The Morgan fingerprint density at radius 1 is 0.771 bits per heavy atom. The summed E-state index contributed by atoms with van der Waals surface area (Å²) >= 11 is 0. The zero-order valence-corrected chi connectivity index (χ0v) is 23.6. The third-order valence-electron chi connectivity index (χ3n) is 6.67. The lowest BCUT2D eigenvalue weighted by molar-refractivity contribution is -0.140. The molecule has 2 unspecified atom stereocenters. The first-order valence-corrected chi connectivity index (χ1v) is 14.0. The van der Waals surface area contributed by atoms with E-state index in [4.69, 9.17) is 5.21 Å². The topological polar surface area (TPSA) is 98.7 Å². The fourth-order valence-electron chi connectivity index (χ4n) is 4.35. The zero-order valence-electron chi connectivity index (χ0n) is 23.6. The fourth-order valence-corrected chi connectivity index (χ4v) is 4.35. The molecule has 3 N–H and O–H groups in total. The van der Waals surface area contributed by atoms with Crippen molar-refractivity contribution in [1.29, 1.82) is 0 Å². The van der Waals surface area contributed by atoms with Crippen LogP contribution in [0.25, 0.3) is 0 Å². The van der Waals surface area contributed by atoms with Crippen LogP contribution in [0.4, 0.5) is 0 Å². The average Bonchev–Trinajstić information content (AvgIpc) is 2.80. The largest absolute Gasteiger partial charge is 0.347 e. The second kappa shape index (κ2) is 19.5. The first-order chi connectivity index (χ1) is 16.5. The Hall–Kier alpha value is -1.63. The summed E-state index contributed by atoms with van der Waals surface area (Å²) < 4.78 is 0. The monoisotopic (exact) mass is 497 g/mol. The van der Waals surface area contributed by atoms with E-state index in [1.54, 1.807) is 19.6 Å². The maximum absolute atomic E-state index is 13.0. The quantitative estimate of drug-likeness (QED) is 0.109. The molecule has 0 saturated heterocycles. The molecule has 0 saturated carbocycles. The van der Waals surface area contributed by atoms with Gasteiger partial charge in [0, 0.05) is 26.4 Å². The predicted octanol–water partition coefficient (Wildman–Crippen LogP) is 5.99. The highest BCUT2D eigenvalue weighted by Gasteiger charge is 2.35. The van der Waals surface area contributed by atoms with Crippen LogP contribution in [0.5, 0.6) is 0 Å². The van der Waals surface area contributed by atoms with Gasteiger partial charge in [0.15, 0.2) is 0 Å². The second-order valence-corrected chi connectivity index (χ2v) is 11.4. The molecule has 0 aromatic rings. The number of hydrogen-bond donors (Lipinski definition) is 3. The molecule has 206 valence electrons. The van der Waals surface area contributed by atoms with E-state index in [0.29, 0.717) is 6.42 Å². The predicted molar refractivity (Wildman–Crippen MR) is 143 cm³/mol. The van der Waals surface area contributed by atoms with Crippen molar-refractivity contribution >= 4 is 17.7 Å². The van der Waals surface area contributed by atoms with Gasteiger partial charge in [-0.2, -0.15) is 0 Å². The van der Waals surface area contributed by atoms with Crippen molar-refractivity contribution in [3.05, 3.63) is 0 Å². The first kappa shape index (κ1) is 33.4. The first-order valence-electron chi connectivity index (χ1n) is 14.0. The molecule has 0 aliphatic rings. The van der Waals surface area contributed by atoms with Crippen molar-refractivity contribution in [2.24, 2.45) is 11.3 Å². The van der Waals surface area contributed by atoms with Gasteiger partial charge in [0.25, 0.3) is 0 Å². The summed E-state index contributed by atoms with van der Waals surface area (Å²) in [4.78, 5) is 38.9. The van der Waals surface area contributed by atoms with E-state index in [1.807, 2.05) is 20.8 Å². The molecule has 0 spiro atoms. The Morgan fingerprint density at radius 2 is 1.20 bits per heavy atom. The number of hydroxylamine groups is 1. The molecule has 0 aromatic heterocycles. The van der Waals surface area contributed by atoms with E-state index in [9.17, 15) is 14.4 Å². The molecule has 35 heavy (non-hydrogen) atoms. The fraction of sp³-hybridized carbons (Fsp3) is 0.893. The summed E-state index contributed by atoms with van der Waals surface area (Å²) in [5, 5.41) is 11.8. The van der Waals surface area contributed by atoms with Crippen LogP contribution in [0.15, 0.2) is 0 Å². The molecule has 7 nitrogen and oxygen atoms in total. The number of carbonyl (C=O) groups excluding carboxylic acids is 3. The third-order valence-corrected chi connectivity index (χ3v) is 6.67. The smallest absolute Gasteiger partial charge is 0.245 e. The van der Waals surface area contributed by atoms with Gasteiger partial charge in [-0.15, -0.1) is 0 Å². The van der Waals surface area contributed by atoms with Crippen LogP contribution < -0.4 is 10.8 Å². The maximum Gasteiger partial charge on any atom is 0.245 e. The third kappa shape index (κ3) is 16.6. The molecule has 0 radical (unpaired) electrons. The van der Waals surface area contributed by atoms with Gasteiger partial charge in [-0.05, 0) is 11.8 Å². The van der Waals surface area contributed by atoms with Gasteiger partial charge >= 0.3 is 0 Å². The summed E-state index contributed by atoms with van der Waals surface area (Å²) in [7, 11) is 3.33. The van der Waals surface area contributed by atoms with Crippen molar-refractivity contribution < 1.29 is 19.6 Å². The Kier molecular flexibility index (Phi) is 18.6. The van der Waals surface area contributed by atoms with Gasteiger partial charge < -0.3 is 10.2 Å². The minimum Gasteiger partial charge on any atom is -0.347 e. The summed E-state index contributed by atoms with van der Waals surface area (Å²) in [6.07, 6.45) is 18.1. The molecule has 0 bridgehead atoms. The van der Waals surface area contributed by atoms with Crippen molar-refractivity contribution in [2.75, 3.05) is 14.1 Å². The van der Waals surface area contributed by atoms with Crippen LogP contribution in [0.3, 0.4) is 0 Å². The number of carbonyl (C=O) groups is 3. The highest BCUT2D eigenvalue weighted by Crippen LogP contribution is 2.23. The Bertz CT molecular complexity index is 587. The summed E-state index contributed by atoms with van der Waals surface area (Å²) in [6.45, 7) is 7.97. The Balaban J connectivity index is 4.35. The Morgan fingerprint density at radius 3 is 1.57 bits per heavy atom. The van der Waals surface area contributed by atoms with Crippen LogP contribution in [0.2, 0.25) is 0 Å². The summed E-state index contributed by atoms with van der Waals surface area (Å²) in [5.41, 5.74) is 1.17. The van der Waals surface area contributed by atoms with E-state index >= 15 is 0 Å². The number of nitrogens with one attached hydrogen (secondary N) is 2. The molecule has 0 rings (SSSR count). The lowest BCUT2D eigenvalue weighted by Gasteiger charge is -2.33. The van der Waals surface area contributed by atoms with Crippen LogP contribution >= 0.6 is 0 Å². The van der Waals surface area contributed by atoms with Crippen molar-refractivity contribution in [1.82, 2.24) is 15.7 Å². The molecule has 0 aliphatic heterocycles. The number of rotatable bonds is 20. The standard InChI is InChI=1S/C28H55N3O4/c1-7-8-9-10-11-12-13-14-15-16-17-18-19-20-21-23(22-24(32)30-35)26(33)29-25(28(2,3)4)27(34)31(5)6/h23,25,35H,7-22H2,1-6H3,(H,29,33)(H,30,32). The van der Waals surface area contributed by atoms with Gasteiger partial charge in [0.05, 0.1) is 0 Å². The van der Waals surface area contributed by atoms with Crippen molar-refractivity contribution in [3.8, 4) is 0 Å². The molecule has 7 heteroatoms. The molecule has 0 fully saturated rings. The van der Waals surface area contributed by atoms with E-state index in [1.165, 1.54) is 75.5 Å². The minimum absolute atomic E-state index is 0.0895. The number of likely N-dealkylation sites (N-methyl/N-ethyl adjacent to an activating group) is 1. The lowest BCUT2D eigenvalue weighted by atomic mass is 9.85. The maximum atomic E-state index is 13.0. The zero-order chi connectivity index (χ0) is 26.7. The highest BCUT2D eigenvalue weighted by molar-refractivity contribution is 5.90. The van der Waals surface area contributed by atoms with Gasteiger partial charge in [-0.3, -0.25) is 19.6 Å². The highest BCUT2D eigenvalue weighted by atomic mass is 16.5. The van der Waals surface area contributed by atoms with Crippen molar-refractivity contribution in [3.63, 3.8) is 0 Å². The normalized spacial score (nSPS) is 13.2. The Labute approximate surface area is 215 Å². The summed E-state index contributed by atoms with van der Waals surface area (Å²) in [6, 6.07) is -0.680. The van der Waals surface area contributed by atoms with Crippen LogP contribution in [-0.2, 0) is 14.4 Å². The second-order valence-electron chi connectivity index (χ2n) is 11.4. The molecule has 0 heterocycles. The minimum atomic E-state index is -0.680. The SMILES string of the molecule is CCCCCCCCCCCCCCCCC(CC(=O)NO)C(=O)NC(C(=O)N(C)C)C(C)(C)C. The van der Waals surface area contributed by atoms with Crippen LogP contribution in [0.1, 0.15) is 130 Å². The van der Waals surface area contributed by atoms with Crippen LogP contribution in [0, 0.1) is 11.3 Å².